The van der Waals surface area contributed by atoms with Crippen molar-refractivity contribution in [3.05, 3.63) is 364 Å². The van der Waals surface area contributed by atoms with Crippen LogP contribution in [0.5, 0.6) is 0 Å². The summed E-state index contributed by atoms with van der Waals surface area (Å²) in [4.78, 5) is 68.4. The number of nitrogens with zero attached hydrogens (tertiary/aromatic N) is 18. The Morgan fingerprint density at radius 1 is 0.226 bits per heavy atom. The van der Waals surface area contributed by atoms with Crippen molar-refractivity contribution in [1.82, 2.24) is 59.8 Å². The topological polar surface area (TPSA) is 174 Å². The summed E-state index contributed by atoms with van der Waals surface area (Å²) in [5, 5.41) is 0. The Hall–Kier alpha value is -10.2. The van der Waals surface area contributed by atoms with Crippen LogP contribution in [0.2, 0.25) is 0 Å². The molecular formula is C111H139Br3N18Zn. The van der Waals surface area contributed by atoms with Gasteiger partial charge in [0.15, 0.2) is 0 Å². The number of hydrogen-bond donors (Lipinski definition) is 0. The average Bonchev–Trinajstić information content (AvgIpc) is 0.850. The summed E-state index contributed by atoms with van der Waals surface area (Å²) in [5.74, 6) is 6.98. The molecule has 0 spiro atoms. The molecule has 0 N–H and O–H groups in total. The van der Waals surface area contributed by atoms with E-state index in [4.69, 9.17) is 0 Å². The summed E-state index contributed by atoms with van der Waals surface area (Å²) in [7, 11) is 0. The maximum atomic E-state index is 4.56. The molecule has 0 bridgehead atoms. The number of rotatable bonds is 18. The molecular weight excluding hydrogens is 1890 g/mol. The third-order valence-electron chi connectivity index (χ3n) is 25.1. The van der Waals surface area contributed by atoms with Crippen molar-refractivity contribution in [2.75, 3.05) is 108 Å². The molecule has 0 amide bonds. The Morgan fingerprint density at radius 2 is 0.376 bits per heavy atom. The fraction of sp³-hybridized carbons (Fsp3) is 0.396. The molecule has 6 aliphatic rings. The number of halogens is 3. The van der Waals surface area contributed by atoms with Crippen molar-refractivity contribution < 1.29 is 16.3 Å². The molecule has 6 saturated heterocycles. The Labute approximate surface area is 828 Å². The first kappa shape index (κ1) is 105. The second-order valence-electron chi connectivity index (χ2n) is 34.5. The first-order valence-electron chi connectivity index (χ1n) is 47.9. The number of benzene rings is 7. The first-order valence-corrected chi connectivity index (χ1v) is 56.6. The van der Waals surface area contributed by atoms with Gasteiger partial charge < -0.3 is 29.4 Å². The van der Waals surface area contributed by atoms with Gasteiger partial charge in [-0.2, -0.15) is 24.1 Å². The molecule has 6 fully saturated rings. The molecule has 19 rings (SSSR count). The van der Waals surface area contributed by atoms with Crippen molar-refractivity contribution >= 4 is 81.2 Å². The summed E-state index contributed by atoms with van der Waals surface area (Å²) in [5.41, 5.74) is 15.0. The van der Waals surface area contributed by atoms with Crippen molar-refractivity contribution in [2.24, 2.45) is 0 Å². The molecule has 0 radical (unpaired) electrons. The molecule has 18 nitrogen and oxygen atoms in total. The van der Waals surface area contributed by atoms with E-state index in [1.54, 1.807) is 12.4 Å². The molecule has 696 valence electrons. The molecule has 6 aromatic heterocycles. The number of aromatic nitrogens is 12. The van der Waals surface area contributed by atoms with Gasteiger partial charge in [0, 0.05) is 187 Å². The van der Waals surface area contributed by atoms with Gasteiger partial charge in [-0.3, -0.25) is 0 Å². The molecule has 6 atom stereocenters. The molecule has 0 aliphatic carbocycles. The van der Waals surface area contributed by atoms with E-state index < -0.39 is 0 Å². The van der Waals surface area contributed by atoms with Crippen LogP contribution in [0.1, 0.15) is 273 Å². The van der Waals surface area contributed by atoms with Crippen molar-refractivity contribution in [1.29, 1.82) is 0 Å². The molecule has 22 heteroatoms. The average molecular weight is 2030 g/mol. The summed E-state index contributed by atoms with van der Waals surface area (Å²) in [6, 6.07) is 73.2. The maximum absolute atomic E-state index is 4.56. The van der Waals surface area contributed by atoms with E-state index in [-0.39, 0.29) is 7.43 Å². The molecule has 3 unspecified atom stereocenters. The van der Waals surface area contributed by atoms with Gasteiger partial charge in [0.05, 0.1) is 4.47 Å². The second kappa shape index (κ2) is 59.5. The van der Waals surface area contributed by atoms with Gasteiger partial charge in [-0.25, -0.2) is 59.8 Å². The summed E-state index contributed by atoms with van der Waals surface area (Å²) in [6.07, 6.45) is 48.6. The van der Waals surface area contributed by atoms with Gasteiger partial charge in [0.25, 0.3) is 0 Å². The van der Waals surface area contributed by atoms with Crippen molar-refractivity contribution in [2.45, 2.75) is 206 Å². The predicted molar refractivity (Wildman–Crippen MR) is 561 cm³/mol. The third-order valence-corrected chi connectivity index (χ3v) is 26.1. The molecule has 13 aromatic rings. The van der Waals surface area contributed by atoms with Crippen molar-refractivity contribution in [3.63, 3.8) is 0 Å². The second-order valence-corrected chi connectivity index (χ2v) is 36.7. The first-order chi connectivity index (χ1) is 64.8. The Bertz CT molecular complexity index is 4570. The minimum absolute atomic E-state index is 0. The Kier molecular flexibility index (Phi) is 46.9. The number of piperidine rings is 6. The zero-order chi connectivity index (χ0) is 92.5. The van der Waals surface area contributed by atoms with Gasteiger partial charge in [-0.1, -0.05) is 253 Å². The van der Waals surface area contributed by atoms with Crippen LogP contribution in [-0.2, 0) is 16.3 Å². The Balaban J connectivity index is 0.000000159. The van der Waals surface area contributed by atoms with Crippen LogP contribution in [0.25, 0.3) is 0 Å². The molecule has 7 aromatic carbocycles. The summed E-state index contributed by atoms with van der Waals surface area (Å²) < 4.78 is 0.938. The Morgan fingerprint density at radius 3 is 0.519 bits per heavy atom. The fourth-order valence-electron chi connectivity index (χ4n) is 16.7. The molecule has 6 aliphatic heterocycles. The zero-order valence-corrected chi connectivity index (χ0v) is 86.5. The van der Waals surface area contributed by atoms with E-state index in [0.29, 0.717) is 34.4 Å². The standard InChI is InChI=1S/5C17H21N3.C9H12BrN3.C8H9Br.C8H9.CH4.BrH.Zn/c5*1-14(15-8-4-2-5-9-15)16-12-18-17(19-13-16)20-10-6-3-7-11-20;10-8-6-11-9(12-7-8)13-4-2-1-3-5-13;1-7(9)8-5-3-2-4-6-8;1-2-8-6-4-3-5-7-8;;;/h5*2,4-5,8-9,12-14H,3,6-7,10-11H2,1H3;6-7H,1-5H2;2-7H,1H3;2-7H,1H3;1H4;1H;/q;;;;;;;-1;;;+2/p-1/t3*14-;;;;;;;;/m110......../s1. The van der Waals surface area contributed by atoms with Crippen LogP contribution in [0.4, 0.5) is 35.7 Å². The van der Waals surface area contributed by atoms with Crippen LogP contribution in [-0.4, -0.2) is 138 Å². The molecule has 0 saturated carbocycles. The normalized spacial score (nSPS) is 15.9. The van der Waals surface area contributed by atoms with Crippen LogP contribution in [0, 0.1) is 6.42 Å². The summed E-state index contributed by atoms with van der Waals surface area (Å²) >= 11 is 11.1. The van der Waals surface area contributed by atoms with E-state index >= 15 is 0 Å². The van der Waals surface area contributed by atoms with Gasteiger partial charge >= 0.3 is 30.0 Å². The molecule has 12 heterocycles. The number of hydrogen-bond acceptors (Lipinski definition) is 18. The van der Waals surface area contributed by atoms with E-state index in [1.807, 2.05) is 136 Å². The monoisotopic (exact) mass is 2020 g/mol. The van der Waals surface area contributed by atoms with Crippen LogP contribution in [0.3, 0.4) is 0 Å². The van der Waals surface area contributed by atoms with E-state index in [9.17, 15) is 0 Å². The third kappa shape index (κ3) is 34.9. The van der Waals surface area contributed by atoms with Gasteiger partial charge in [-0.05, 0) is 200 Å². The van der Waals surface area contributed by atoms with Gasteiger partial charge in [-0.15, -0.1) is 12.1 Å². The van der Waals surface area contributed by atoms with Crippen LogP contribution < -0.4 is 29.4 Å². The quantitative estimate of drug-likeness (QED) is 0.0450. The number of anilines is 6. The predicted octanol–water partition coefficient (Wildman–Crippen LogP) is 27.2. The van der Waals surface area contributed by atoms with E-state index in [2.05, 4.69) is 328 Å². The molecule has 133 heavy (non-hydrogen) atoms. The van der Waals surface area contributed by atoms with Gasteiger partial charge in [0.1, 0.15) is 0 Å². The minimum atomic E-state index is 0. The van der Waals surface area contributed by atoms with Gasteiger partial charge in [0.2, 0.25) is 35.7 Å². The van der Waals surface area contributed by atoms with E-state index in [1.165, 1.54) is 199 Å². The van der Waals surface area contributed by atoms with Crippen molar-refractivity contribution in [3.8, 4) is 0 Å². The van der Waals surface area contributed by atoms with E-state index in [0.717, 1.165) is 119 Å². The van der Waals surface area contributed by atoms with Crippen LogP contribution >= 0.6 is 45.5 Å². The number of alkyl halides is 1. The zero-order valence-electron chi connectivity index (χ0n) is 78.8. The fourth-order valence-corrected chi connectivity index (χ4v) is 17.2. The van der Waals surface area contributed by atoms with Crippen LogP contribution in [0.15, 0.2) is 291 Å². The SMILES string of the molecule is Brc1cnc(N2CCCCC2)nc1.C.CC(Br)c1ccccc1.CC(c1ccccc1)c1cnc(N2CCCCC2)nc1.CC(c1ccccc1)c1cnc(N2CCCCC2)nc1.C[C@@H](c1ccccc1)c1cnc(N2CCCCC2)nc1.C[C@H](c1ccccc1)c1cnc(N2CCCCC2)nc1.C[C@H](c1ccccc1)c1cnc(N2CCCCC2)nc1.C[CH-]c1ccccc1.[Zn+][Br]. The summed E-state index contributed by atoms with van der Waals surface area (Å²) in [6.45, 7) is 28.3.